The maximum absolute atomic E-state index is 9.74. The lowest BCUT2D eigenvalue weighted by atomic mass is 10.0. The number of hydrogen-bond donors (Lipinski definition) is 2. The van der Waals surface area contributed by atoms with Crippen LogP contribution >= 0.6 is 0 Å². The molecular weight excluding hydrogens is 238 g/mol. The molecular formula is C16H27NO2. The lowest BCUT2D eigenvalue weighted by Crippen LogP contribution is -2.36. The van der Waals surface area contributed by atoms with Gasteiger partial charge in [-0.3, -0.25) is 0 Å². The highest BCUT2D eigenvalue weighted by molar-refractivity contribution is 5.27. The zero-order valence-electron chi connectivity index (χ0n) is 12.5. The molecule has 1 aromatic carbocycles. The Balaban J connectivity index is 2.27. The summed E-state index contributed by atoms with van der Waals surface area (Å²) in [5.74, 6) is 1.20. The van der Waals surface area contributed by atoms with E-state index in [0.29, 0.717) is 18.5 Å². The largest absolute Gasteiger partial charge is 0.497 e. The first-order valence-electron chi connectivity index (χ1n) is 7.07. The maximum atomic E-state index is 9.74. The van der Waals surface area contributed by atoms with Crippen molar-refractivity contribution in [2.24, 2.45) is 5.92 Å². The molecule has 0 aliphatic heterocycles. The summed E-state index contributed by atoms with van der Waals surface area (Å²) in [7, 11) is 1.68. The normalized spacial score (nSPS) is 14.4. The van der Waals surface area contributed by atoms with Gasteiger partial charge in [0.05, 0.1) is 13.2 Å². The van der Waals surface area contributed by atoms with Gasteiger partial charge in [-0.05, 0) is 43.4 Å². The SMILES string of the molecule is COc1ccc(CCC(C)NCC(O)C(C)C)cc1. The first kappa shape index (κ1) is 16.0. The Kier molecular flexibility index (Phi) is 6.89. The summed E-state index contributed by atoms with van der Waals surface area (Å²) in [5, 5.41) is 13.1. The Morgan fingerprint density at radius 3 is 2.32 bits per heavy atom. The van der Waals surface area contributed by atoms with Crippen molar-refractivity contribution in [2.45, 2.75) is 45.8 Å². The highest BCUT2D eigenvalue weighted by Gasteiger charge is 2.10. The summed E-state index contributed by atoms with van der Waals surface area (Å²) in [6, 6.07) is 8.62. The van der Waals surface area contributed by atoms with Crippen LogP contribution in [0.1, 0.15) is 32.8 Å². The Morgan fingerprint density at radius 2 is 1.79 bits per heavy atom. The van der Waals surface area contributed by atoms with E-state index in [1.54, 1.807) is 7.11 Å². The van der Waals surface area contributed by atoms with Gasteiger partial charge in [0, 0.05) is 12.6 Å². The van der Waals surface area contributed by atoms with E-state index in [0.717, 1.165) is 18.6 Å². The number of aryl methyl sites for hydroxylation is 1. The number of nitrogens with one attached hydrogen (secondary N) is 1. The Morgan fingerprint density at radius 1 is 1.16 bits per heavy atom. The van der Waals surface area contributed by atoms with Crippen LogP contribution in [-0.2, 0) is 6.42 Å². The quantitative estimate of drug-likeness (QED) is 0.759. The molecule has 108 valence electrons. The van der Waals surface area contributed by atoms with Crippen molar-refractivity contribution in [3.8, 4) is 5.75 Å². The number of hydrogen-bond acceptors (Lipinski definition) is 3. The highest BCUT2D eigenvalue weighted by atomic mass is 16.5. The van der Waals surface area contributed by atoms with E-state index in [1.807, 2.05) is 26.0 Å². The summed E-state index contributed by atoms with van der Waals surface area (Å²) < 4.78 is 5.14. The monoisotopic (exact) mass is 265 g/mol. The van der Waals surface area contributed by atoms with E-state index in [2.05, 4.69) is 24.4 Å². The highest BCUT2D eigenvalue weighted by Crippen LogP contribution is 2.13. The van der Waals surface area contributed by atoms with Gasteiger partial charge in [0.15, 0.2) is 0 Å². The van der Waals surface area contributed by atoms with Crippen molar-refractivity contribution in [3.63, 3.8) is 0 Å². The van der Waals surface area contributed by atoms with Crippen LogP contribution in [-0.4, -0.2) is 30.9 Å². The number of aliphatic hydroxyl groups excluding tert-OH is 1. The van der Waals surface area contributed by atoms with E-state index in [1.165, 1.54) is 5.56 Å². The molecule has 1 rings (SSSR count). The Labute approximate surface area is 117 Å². The molecule has 0 amide bonds. The molecule has 0 aromatic heterocycles. The van der Waals surface area contributed by atoms with Gasteiger partial charge in [0.2, 0.25) is 0 Å². The molecule has 0 saturated carbocycles. The molecule has 2 unspecified atom stereocenters. The number of rotatable bonds is 8. The van der Waals surface area contributed by atoms with Crippen LogP contribution in [0.2, 0.25) is 0 Å². The summed E-state index contributed by atoms with van der Waals surface area (Å²) >= 11 is 0. The minimum atomic E-state index is -0.261. The topological polar surface area (TPSA) is 41.5 Å². The molecule has 0 bridgehead atoms. The van der Waals surface area contributed by atoms with Crippen molar-refractivity contribution < 1.29 is 9.84 Å². The van der Waals surface area contributed by atoms with Crippen molar-refractivity contribution in [3.05, 3.63) is 29.8 Å². The number of methoxy groups -OCH3 is 1. The molecule has 2 atom stereocenters. The van der Waals surface area contributed by atoms with Gasteiger partial charge < -0.3 is 15.2 Å². The van der Waals surface area contributed by atoms with Crippen LogP contribution in [0.25, 0.3) is 0 Å². The molecule has 19 heavy (non-hydrogen) atoms. The zero-order chi connectivity index (χ0) is 14.3. The molecule has 0 saturated heterocycles. The van der Waals surface area contributed by atoms with Crippen LogP contribution in [0.15, 0.2) is 24.3 Å². The van der Waals surface area contributed by atoms with E-state index < -0.39 is 0 Å². The third kappa shape index (κ3) is 6.08. The molecule has 0 fully saturated rings. The van der Waals surface area contributed by atoms with Gasteiger partial charge in [-0.15, -0.1) is 0 Å². The van der Waals surface area contributed by atoms with Crippen LogP contribution in [0.3, 0.4) is 0 Å². The summed E-state index contributed by atoms with van der Waals surface area (Å²) in [6.07, 6.45) is 1.84. The van der Waals surface area contributed by atoms with Crippen molar-refractivity contribution >= 4 is 0 Å². The van der Waals surface area contributed by atoms with Gasteiger partial charge in [-0.1, -0.05) is 26.0 Å². The van der Waals surface area contributed by atoms with Gasteiger partial charge in [0.25, 0.3) is 0 Å². The molecule has 2 N–H and O–H groups in total. The number of aliphatic hydroxyl groups is 1. The minimum absolute atomic E-state index is 0.261. The first-order valence-corrected chi connectivity index (χ1v) is 7.07. The maximum Gasteiger partial charge on any atom is 0.118 e. The zero-order valence-corrected chi connectivity index (χ0v) is 12.5. The van der Waals surface area contributed by atoms with Crippen molar-refractivity contribution in [1.29, 1.82) is 0 Å². The molecule has 0 spiro atoms. The fraction of sp³-hybridized carbons (Fsp3) is 0.625. The van der Waals surface area contributed by atoms with Gasteiger partial charge in [0.1, 0.15) is 5.75 Å². The standard InChI is InChI=1S/C16H27NO2/c1-12(2)16(18)11-17-13(3)5-6-14-7-9-15(19-4)10-8-14/h7-10,12-13,16-18H,5-6,11H2,1-4H3. The van der Waals surface area contributed by atoms with Crippen molar-refractivity contribution in [1.82, 2.24) is 5.32 Å². The van der Waals surface area contributed by atoms with Crippen molar-refractivity contribution in [2.75, 3.05) is 13.7 Å². The van der Waals surface area contributed by atoms with Crippen LogP contribution in [0.5, 0.6) is 5.75 Å². The molecule has 0 aliphatic rings. The second-order valence-electron chi connectivity index (χ2n) is 5.51. The van der Waals surface area contributed by atoms with Crippen LogP contribution < -0.4 is 10.1 Å². The van der Waals surface area contributed by atoms with E-state index in [4.69, 9.17) is 4.74 Å². The summed E-state index contributed by atoms with van der Waals surface area (Å²) in [4.78, 5) is 0. The predicted octanol–water partition coefficient (Wildman–Crippen LogP) is 2.62. The lowest BCUT2D eigenvalue weighted by molar-refractivity contribution is 0.120. The van der Waals surface area contributed by atoms with Crippen LogP contribution in [0.4, 0.5) is 0 Å². The average molecular weight is 265 g/mol. The second kappa shape index (κ2) is 8.18. The third-order valence-electron chi connectivity index (χ3n) is 3.47. The molecule has 3 heteroatoms. The van der Waals surface area contributed by atoms with Gasteiger partial charge >= 0.3 is 0 Å². The second-order valence-corrected chi connectivity index (χ2v) is 5.51. The Bertz CT molecular complexity index is 348. The van der Waals surface area contributed by atoms with E-state index in [-0.39, 0.29) is 6.10 Å². The van der Waals surface area contributed by atoms with E-state index >= 15 is 0 Å². The smallest absolute Gasteiger partial charge is 0.118 e. The number of benzene rings is 1. The van der Waals surface area contributed by atoms with Gasteiger partial charge in [-0.25, -0.2) is 0 Å². The molecule has 0 radical (unpaired) electrons. The lowest BCUT2D eigenvalue weighted by Gasteiger charge is -2.19. The minimum Gasteiger partial charge on any atom is -0.497 e. The van der Waals surface area contributed by atoms with Crippen LogP contribution in [0, 0.1) is 5.92 Å². The van der Waals surface area contributed by atoms with Gasteiger partial charge in [-0.2, -0.15) is 0 Å². The third-order valence-corrected chi connectivity index (χ3v) is 3.47. The van der Waals surface area contributed by atoms with E-state index in [9.17, 15) is 5.11 Å². The Hall–Kier alpha value is -1.06. The fourth-order valence-corrected chi connectivity index (χ4v) is 1.84. The summed E-state index contributed by atoms with van der Waals surface area (Å²) in [5.41, 5.74) is 1.32. The molecule has 0 heterocycles. The molecule has 0 aliphatic carbocycles. The molecule has 3 nitrogen and oxygen atoms in total. The fourth-order valence-electron chi connectivity index (χ4n) is 1.84. The average Bonchev–Trinajstić information content (AvgIpc) is 2.42. The first-order chi connectivity index (χ1) is 9.02. The summed E-state index contributed by atoms with van der Waals surface area (Å²) in [6.45, 7) is 6.90. The predicted molar refractivity (Wildman–Crippen MR) is 79.6 cm³/mol. The number of ether oxygens (including phenoxy) is 1. The molecule has 1 aromatic rings.